The molecular formula is C16H23NO. The van der Waals surface area contributed by atoms with Gasteiger partial charge in [-0.05, 0) is 56.2 Å². The summed E-state index contributed by atoms with van der Waals surface area (Å²) in [5, 5.41) is 0. The maximum atomic E-state index is 11.3. The summed E-state index contributed by atoms with van der Waals surface area (Å²) in [6, 6.07) is 4.49. The van der Waals surface area contributed by atoms with Crippen molar-refractivity contribution in [1.29, 1.82) is 0 Å². The summed E-state index contributed by atoms with van der Waals surface area (Å²) in [4.78, 5) is 11.3. The van der Waals surface area contributed by atoms with Crippen LogP contribution in [-0.2, 0) is 4.79 Å². The fraction of sp³-hybridized carbons (Fsp3) is 0.562. The van der Waals surface area contributed by atoms with Crippen LogP contribution in [0.3, 0.4) is 0 Å². The first-order valence-corrected chi connectivity index (χ1v) is 6.84. The van der Waals surface area contributed by atoms with Gasteiger partial charge < -0.3 is 5.73 Å². The minimum absolute atomic E-state index is 0.0821. The summed E-state index contributed by atoms with van der Waals surface area (Å²) >= 11 is 0. The van der Waals surface area contributed by atoms with Crippen LogP contribution in [0.15, 0.2) is 12.1 Å². The molecule has 0 radical (unpaired) electrons. The molecule has 2 N–H and O–H groups in total. The Morgan fingerprint density at radius 3 is 2.11 bits per heavy atom. The van der Waals surface area contributed by atoms with Gasteiger partial charge in [-0.1, -0.05) is 17.7 Å². The van der Waals surface area contributed by atoms with E-state index < -0.39 is 0 Å². The third-order valence-electron chi connectivity index (χ3n) is 4.17. The lowest BCUT2D eigenvalue weighted by atomic mass is 9.79. The lowest BCUT2D eigenvalue weighted by Gasteiger charge is -2.29. The first-order valence-electron chi connectivity index (χ1n) is 6.84. The monoisotopic (exact) mass is 245 g/mol. The van der Waals surface area contributed by atoms with Crippen LogP contribution < -0.4 is 5.73 Å². The molecule has 98 valence electrons. The molecule has 0 saturated heterocycles. The van der Waals surface area contributed by atoms with Crippen LogP contribution in [0.25, 0.3) is 0 Å². The molecule has 1 unspecified atom stereocenters. The number of aryl methyl sites for hydroxylation is 3. The van der Waals surface area contributed by atoms with Crippen LogP contribution in [0.4, 0.5) is 0 Å². The standard InChI is InChI=1S/C16H23NO/c1-10-8-11(2)15(12(3)9-10)16(17)13-4-6-14(18)7-5-13/h8-9,13,16H,4-7,17H2,1-3H3. The highest BCUT2D eigenvalue weighted by Gasteiger charge is 2.26. The van der Waals surface area contributed by atoms with Crippen molar-refractivity contribution in [1.82, 2.24) is 0 Å². The number of ketones is 1. The molecule has 1 aromatic carbocycles. The fourth-order valence-corrected chi connectivity index (χ4v) is 3.27. The second kappa shape index (κ2) is 5.23. The third-order valence-corrected chi connectivity index (χ3v) is 4.17. The predicted molar refractivity (Wildman–Crippen MR) is 74.5 cm³/mol. The van der Waals surface area contributed by atoms with E-state index in [1.807, 2.05) is 0 Å². The van der Waals surface area contributed by atoms with Crippen molar-refractivity contribution in [3.63, 3.8) is 0 Å². The number of carbonyl (C=O) groups is 1. The SMILES string of the molecule is Cc1cc(C)c(C(N)C2CCC(=O)CC2)c(C)c1. The van der Waals surface area contributed by atoms with Gasteiger partial charge in [0, 0.05) is 18.9 Å². The van der Waals surface area contributed by atoms with Crippen LogP contribution in [0, 0.1) is 26.7 Å². The van der Waals surface area contributed by atoms with E-state index in [1.165, 1.54) is 22.3 Å². The first-order chi connectivity index (χ1) is 8.49. The van der Waals surface area contributed by atoms with Gasteiger partial charge >= 0.3 is 0 Å². The van der Waals surface area contributed by atoms with Gasteiger partial charge in [-0.15, -0.1) is 0 Å². The van der Waals surface area contributed by atoms with Gasteiger partial charge in [0.25, 0.3) is 0 Å². The van der Waals surface area contributed by atoms with Crippen LogP contribution in [-0.4, -0.2) is 5.78 Å². The molecule has 0 spiro atoms. The number of Topliss-reactive ketones (excluding diaryl/α,β-unsaturated/α-hetero) is 1. The summed E-state index contributed by atoms with van der Waals surface area (Å²) in [5.41, 5.74) is 11.6. The molecule has 0 aromatic heterocycles. The Morgan fingerprint density at radius 2 is 1.61 bits per heavy atom. The van der Waals surface area contributed by atoms with Crippen LogP contribution in [0.5, 0.6) is 0 Å². The summed E-state index contributed by atoms with van der Waals surface area (Å²) in [7, 11) is 0. The van der Waals surface area contributed by atoms with Gasteiger partial charge in [0.1, 0.15) is 5.78 Å². The number of nitrogens with two attached hydrogens (primary N) is 1. The van der Waals surface area contributed by atoms with Gasteiger partial charge in [0.05, 0.1) is 0 Å². The zero-order chi connectivity index (χ0) is 13.3. The highest BCUT2D eigenvalue weighted by atomic mass is 16.1. The molecule has 1 aromatic rings. The molecule has 1 atom stereocenters. The number of benzene rings is 1. The van der Waals surface area contributed by atoms with Gasteiger partial charge in [-0.25, -0.2) is 0 Å². The Hall–Kier alpha value is -1.15. The molecular weight excluding hydrogens is 222 g/mol. The maximum absolute atomic E-state index is 11.3. The Labute approximate surface area is 110 Å². The highest BCUT2D eigenvalue weighted by molar-refractivity contribution is 5.79. The molecule has 1 fully saturated rings. The Bertz CT molecular complexity index is 431. The van der Waals surface area contributed by atoms with E-state index in [9.17, 15) is 4.79 Å². The van der Waals surface area contributed by atoms with E-state index in [0.717, 1.165) is 12.8 Å². The van der Waals surface area contributed by atoms with E-state index in [2.05, 4.69) is 32.9 Å². The van der Waals surface area contributed by atoms with Crippen molar-refractivity contribution < 1.29 is 4.79 Å². The Balaban J connectivity index is 2.23. The molecule has 1 aliphatic rings. The second-order valence-electron chi connectivity index (χ2n) is 5.71. The topological polar surface area (TPSA) is 43.1 Å². The van der Waals surface area contributed by atoms with Crippen molar-refractivity contribution in [2.24, 2.45) is 11.7 Å². The summed E-state index contributed by atoms with van der Waals surface area (Å²) < 4.78 is 0. The summed E-state index contributed by atoms with van der Waals surface area (Å²) in [6.07, 6.45) is 3.32. The number of carbonyl (C=O) groups excluding carboxylic acids is 1. The van der Waals surface area contributed by atoms with E-state index in [1.54, 1.807) is 0 Å². The quantitative estimate of drug-likeness (QED) is 0.868. The average molecular weight is 245 g/mol. The molecule has 2 heteroatoms. The Kier molecular flexibility index (Phi) is 3.86. The van der Waals surface area contributed by atoms with Crippen molar-refractivity contribution in [2.75, 3.05) is 0 Å². The van der Waals surface area contributed by atoms with Crippen LogP contribution >= 0.6 is 0 Å². The van der Waals surface area contributed by atoms with Gasteiger partial charge in [0.15, 0.2) is 0 Å². The normalized spacial score (nSPS) is 19.0. The first kappa shape index (κ1) is 13.3. The fourth-order valence-electron chi connectivity index (χ4n) is 3.27. The molecule has 1 aliphatic carbocycles. The minimum atomic E-state index is 0.0821. The number of rotatable bonds is 2. The smallest absolute Gasteiger partial charge is 0.132 e. The maximum Gasteiger partial charge on any atom is 0.132 e. The molecule has 0 amide bonds. The molecule has 0 bridgehead atoms. The molecule has 0 heterocycles. The molecule has 18 heavy (non-hydrogen) atoms. The largest absolute Gasteiger partial charge is 0.324 e. The number of hydrogen-bond donors (Lipinski definition) is 1. The molecule has 1 saturated carbocycles. The summed E-state index contributed by atoms with van der Waals surface area (Å²) in [6.45, 7) is 6.40. The third kappa shape index (κ3) is 2.64. The lowest BCUT2D eigenvalue weighted by molar-refractivity contribution is -0.121. The van der Waals surface area contributed by atoms with Crippen molar-refractivity contribution in [3.8, 4) is 0 Å². The Morgan fingerprint density at radius 1 is 1.11 bits per heavy atom. The number of hydrogen-bond acceptors (Lipinski definition) is 2. The van der Waals surface area contributed by atoms with E-state index >= 15 is 0 Å². The van der Waals surface area contributed by atoms with E-state index in [0.29, 0.717) is 24.5 Å². The average Bonchev–Trinajstić information content (AvgIpc) is 2.28. The molecule has 2 rings (SSSR count). The van der Waals surface area contributed by atoms with Crippen LogP contribution in [0.2, 0.25) is 0 Å². The highest BCUT2D eigenvalue weighted by Crippen LogP contribution is 2.34. The zero-order valence-electron chi connectivity index (χ0n) is 11.6. The zero-order valence-corrected chi connectivity index (χ0v) is 11.6. The van der Waals surface area contributed by atoms with Gasteiger partial charge in [-0.2, -0.15) is 0 Å². The van der Waals surface area contributed by atoms with Gasteiger partial charge in [-0.3, -0.25) is 4.79 Å². The van der Waals surface area contributed by atoms with Crippen LogP contribution in [0.1, 0.15) is 54.0 Å². The van der Waals surface area contributed by atoms with Crippen molar-refractivity contribution >= 4 is 5.78 Å². The van der Waals surface area contributed by atoms with Crippen molar-refractivity contribution in [3.05, 3.63) is 34.4 Å². The van der Waals surface area contributed by atoms with E-state index in [-0.39, 0.29) is 6.04 Å². The lowest BCUT2D eigenvalue weighted by Crippen LogP contribution is -2.27. The molecule has 2 nitrogen and oxygen atoms in total. The van der Waals surface area contributed by atoms with E-state index in [4.69, 9.17) is 5.73 Å². The minimum Gasteiger partial charge on any atom is -0.324 e. The predicted octanol–water partition coefficient (Wildman–Crippen LogP) is 3.37. The van der Waals surface area contributed by atoms with Gasteiger partial charge in [0.2, 0.25) is 0 Å². The second-order valence-corrected chi connectivity index (χ2v) is 5.71. The molecule has 0 aliphatic heterocycles. The van der Waals surface area contributed by atoms with Crippen molar-refractivity contribution in [2.45, 2.75) is 52.5 Å². The summed E-state index contributed by atoms with van der Waals surface area (Å²) in [5.74, 6) is 0.860.